The maximum absolute atomic E-state index is 13.1. The van der Waals surface area contributed by atoms with Gasteiger partial charge in [-0.15, -0.1) is 0 Å². The Balaban J connectivity index is 1.84. The van der Waals surface area contributed by atoms with Crippen molar-refractivity contribution in [1.82, 2.24) is 14.8 Å². The summed E-state index contributed by atoms with van der Waals surface area (Å²) in [6.45, 7) is 1.26. The van der Waals surface area contributed by atoms with E-state index < -0.39 is 17.7 Å². The molecule has 1 atom stereocenters. The van der Waals surface area contributed by atoms with Crippen LogP contribution < -0.4 is 0 Å². The molecule has 0 radical (unpaired) electrons. The van der Waals surface area contributed by atoms with E-state index >= 15 is 0 Å². The molecule has 0 saturated carbocycles. The molecule has 1 aliphatic rings. The third kappa shape index (κ3) is 4.90. The van der Waals surface area contributed by atoms with Gasteiger partial charge in [0, 0.05) is 25.4 Å². The van der Waals surface area contributed by atoms with Crippen LogP contribution >= 0.6 is 0 Å². The number of nitrogens with zero attached hydrogens (tertiary/aromatic N) is 3. The Morgan fingerprint density at radius 3 is 2.59 bits per heavy atom. The number of ketones is 1. The zero-order valence-corrected chi connectivity index (χ0v) is 16.9. The summed E-state index contributed by atoms with van der Waals surface area (Å²) in [5.41, 5.74) is 1.97. The van der Waals surface area contributed by atoms with Crippen molar-refractivity contribution in [3.05, 3.63) is 77.3 Å². The van der Waals surface area contributed by atoms with Gasteiger partial charge in [-0.05, 0) is 50.7 Å². The number of aromatic nitrogens is 1. The smallest absolute Gasteiger partial charge is 0.290 e. The van der Waals surface area contributed by atoms with E-state index in [4.69, 9.17) is 0 Å². The van der Waals surface area contributed by atoms with Crippen LogP contribution in [-0.4, -0.2) is 58.8 Å². The number of rotatable bonds is 9. The van der Waals surface area contributed by atoms with Crippen LogP contribution in [0.25, 0.3) is 0 Å². The maximum Gasteiger partial charge on any atom is 0.290 e. The molecule has 1 N–H and O–H groups in total. The molecule has 3 rings (SSSR count). The van der Waals surface area contributed by atoms with Crippen LogP contribution in [0.2, 0.25) is 0 Å². The van der Waals surface area contributed by atoms with E-state index in [-0.39, 0.29) is 17.8 Å². The van der Waals surface area contributed by atoms with E-state index in [0.29, 0.717) is 13.0 Å². The first-order chi connectivity index (χ1) is 14.0. The van der Waals surface area contributed by atoms with Gasteiger partial charge in [0.15, 0.2) is 11.5 Å². The van der Waals surface area contributed by atoms with E-state index in [1.807, 2.05) is 55.4 Å². The highest BCUT2D eigenvalue weighted by Gasteiger charge is 2.42. The largest absolute Gasteiger partial charge is 0.503 e. The van der Waals surface area contributed by atoms with Gasteiger partial charge < -0.3 is 14.9 Å². The van der Waals surface area contributed by atoms with Crippen molar-refractivity contribution in [1.29, 1.82) is 0 Å². The van der Waals surface area contributed by atoms with Crippen molar-refractivity contribution in [3.8, 4) is 0 Å². The zero-order chi connectivity index (χ0) is 20.8. The van der Waals surface area contributed by atoms with Gasteiger partial charge in [0.05, 0.1) is 11.6 Å². The minimum absolute atomic E-state index is 0.184. The zero-order valence-electron chi connectivity index (χ0n) is 16.9. The second-order valence-electron chi connectivity index (χ2n) is 7.52. The van der Waals surface area contributed by atoms with Gasteiger partial charge in [-0.1, -0.05) is 36.4 Å². The first-order valence-electron chi connectivity index (χ1n) is 9.85. The molecule has 0 fully saturated rings. The lowest BCUT2D eigenvalue weighted by atomic mass is 9.94. The van der Waals surface area contributed by atoms with Crippen LogP contribution in [0.15, 0.2) is 66.2 Å². The molecular formula is C23H27N3O3. The van der Waals surface area contributed by atoms with Crippen molar-refractivity contribution >= 4 is 11.7 Å². The number of aryl methyl sites for hydroxylation is 1. The number of carbonyl (C=O) groups is 2. The Labute approximate surface area is 171 Å². The summed E-state index contributed by atoms with van der Waals surface area (Å²) in [4.78, 5) is 33.6. The highest BCUT2D eigenvalue weighted by molar-refractivity contribution is 6.09. The lowest BCUT2D eigenvalue weighted by molar-refractivity contribution is -0.129. The van der Waals surface area contributed by atoms with Gasteiger partial charge in [0.25, 0.3) is 5.91 Å². The predicted octanol–water partition coefficient (Wildman–Crippen LogP) is 2.93. The number of hydrogen-bond donors (Lipinski definition) is 1. The molecule has 29 heavy (non-hydrogen) atoms. The molecule has 6 heteroatoms. The normalized spacial score (nSPS) is 16.7. The lowest BCUT2D eigenvalue weighted by Crippen LogP contribution is -2.33. The first kappa shape index (κ1) is 20.7. The molecule has 2 heterocycles. The Bertz CT molecular complexity index is 879. The molecule has 1 aromatic carbocycles. The summed E-state index contributed by atoms with van der Waals surface area (Å²) >= 11 is 0. The average molecular weight is 393 g/mol. The second-order valence-corrected chi connectivity index (χ2v) is 7.52. The van der Waals surface area contributed by atoms with Crippen LogP contribution in [0.1, 0.15) is 30.0 Å². The van der Waals surface area contributed by atoms with Crippen LogP contribution in [-0.2, 0) is 16.0 Å². The van der Waals surface area contributed by atoms with Crippen LogP contribution in [0.4, 0.5) is 0 Å². The number of hydrogen-bond acceptors (Lipinski definition) is 5. The Morgan fingerprint density at radius 1 is 1.17 bits per heavy atom. The molecule has 152 valence electrons. The lowest BCUT2D eigenvalue weighted by Gasteiger charge is -2.27. The number of amides is 1. The molecule has 0 saturated heterocycles. The number of carbonyl (C=O) groups excluding carboxylic acids is 2. The molecule has 1 amide bonds. The van der Waals surface area contributed by atoms with E-state index in [2.05, 4.69) is 4.98 Å². The summed E-state index contributed by atoms with van der Waals surface area (Å²) < 4.78 is 0. The van der Waals surface area contributed by atoms with Crippen molar-refractivity contribution < 1.29 is 14.7 Å². The summed E-state index contributed by atoms with van der Waals surface area (Å²) in [5.74, 6) is -1.12. The van der Waals surface area contributed by atoms with Gasteiger partial charge >= 0.3 is 0 Å². The van der Waals surface area contributed by atoms with E-state index in [0.717, 1.165) is 24.1 Å². The molecule has 1 aliphatic heterocycles. The van der Waals surface area contributed by atoms with Crippen molar-refractivity contribution in [2.75, 3.05) is 27.2 Å². The summed E-state index contributed by atoms with van der Waals surface area (Å²) in [5, 5.41) is 10.6. The summed E-state index contributed by atoms with van der Waals surface area (Å²) in [6, 6.07) is 12.7. The van der Waals surface area contributed by atoms with Gasteiger partial charge in [0.1, 0.15) is 0 Å². The quantitative estimate of drug-likeness (QED) is 0.709. The number of Topliss-reactive ketones (excluding diaryl/α,β-unsaturated/α-hetero) is 1. The molecular weight excluding hydrogens is 366 g/mol. The number of benzene rings is 1. The average Bonchev–Trinajstić information content (AvgIpc) is 2.98. The third-order valence-electron chi connectivity index (χ3n) is 5.09. The standard InChI is InChI=1S/C23H27N3O3/c1-25(2)14-7-15-26-21(18-10-6-13-24-16-18)20(22(28)23(26)29)19(27)12-11-17-8-4-3-5-9-17/h3-6,8-10,13,16,21,28H,7,11-12,14-15H2,1-2H3. The Morgan fingerprint density at radius 2 is 1.93 bits per heavy atom. The fourth-order valence-electron chi connectivity index (χ4n) is 3.65. The highest BCUT2D eigenvalue weighted by atomic mass is 16.3. The molecule has 1 unspecified atom stereocenters. The first-order valence-corrected chi connectivity index (χ1v) is 9.85. The monoisotopic (exact) mass is 393 g/mol. The van der Waals surface area contributed by atoms with Gasteiger partial charge in [0.2, 0.25) is 0 Å². The highest BCUT2D eigenvalue weighted by Crippen LogP contribution is 2.38. The SMILES string of the molecule is CN(C)CCCN1C(=O)C(O)=C(C(=O)CCc2ccccc2)C1c1cccnc1. The van der Waals surface area contributed by atoms with Crippen LogP contribution in [0.5, 0.6) is 0 Å². The fraction of sp³-hybridized carbons (Fsp3) is 0.348. The third-order valence-corrected chi connectivity index (χ3v) is 5.09. The molecule has 1 aromatic heterocycles. The van der Waals surface area contributed by atoms with Crippen molar-refractivity contribution in [2.45, 2.75) is 25.3 Å². The Hall–Kier alpha value is -2.99. The van der Waals surface area contributed by atoms with E-state index in [1.54, 1.807) is 23.4 Å². The second kappa shape index (κ2) is 9.47. The molecule has 0 bridgehead atoms. The van der Waals surface area contributed by atoms with Gasteiger partial charge in [-0.2, -0.15) is 0 Å². The summed E-state index contributed by atoms with van der Waals surface area (Å²) in [6.07, 6.45) is 4.84. The van der Waals surface area contributed by atoms with Crippen LogP contribution in [0.3, 0.4) is 0 Å². The molecule has 6 nitrogen and oxygen atoms in total. The number of aliphatic hydroxyl groups is 1. The van der Waals surface area contributed by atoms with E-state index in [9.17, 15) is 14.7 Å². The minimum Gasteiger partial charge on any atom is -0.503 e. The number of pyridine rings is 1. The number of aliphatic hydroxyl groups excluding tert-OH is 1. The molecule has 2 aromatic rings. The molecule has 0 aliphatic carbocycles. The fourth-order valence-corrected chi connectivity index (χ4v) is 3.65. The van der Waals surface area contributed by atoms with Gasteiger partial charge in [-0.3, -0.25) is 14.6 Å². The Kier molecular flexibility index (Phi) is 6.77. The maximum atomic E-state index is 13.1. The molecule has 0 spiro atoms. The van der Waals surface area contributed by atoms with Gasteiger partial charge in [-0.25, -0.2) is 0 Å². The van der Waals surface area contributed by atoms with E-state index in [1.165, 1.54) is 0 Å². The van der Waals surface area contributed by atoms with Crippen molar-refractivity contribution in [3.63, 3.8) is 0 Å². The van der Waals surface area contributed by atoms with Crippen molar-refractivity contribution in [2.24, 2.45) is 0 Å². The topological polar surface area (TPSA) is 73.7 Å². The van der Waals surface area contributed by atoms with Crippen LogP contribution in [0, 0.1) is 0 Å². The predicted molar refractivity (Wildman–Crippen MR) is 111 cm³/mol. The minimum atomic E-state index is -0.596. The summed E-state index contributed by atoms with van der Waals surface area (Å²) in [7, 11) is 3.94.